The number of nitrogens with two attached hydrogens (primary N) is 1. The van der Waals surface area contributed by atoms with E-state index in [0.717, 1.165) is 5.56 Å². The first kappa shape index (κ1) is 17.3. The standard InChI is InChI=1S/C18H21N3O3/c1-12(2)24-16-9-4-13(10-17(16)23-3)11-20-21-18(22)14-5-7-15(19)8-6-14/h4-12H,19H2,1-3H3,(H,21,22)/b20-11-. The number of carbonyl (C=O) groups is 1. The van der Waals surface area contributed by atoms with Crippen LogP contribution in [0, 0.1) is 0 Å². The van der Waals surface area contributed by atoms with E-state index in [0.29, 0.717) is 22.7 Å². The molecule has 2 rings (SSSR count). The molecule has 2 aromatic rings. The maximum atomic E-state index is 11.9. The molecule has 0 saturated heterocycles. The topological polar surface area (TPSA) is 85.9 Å². The molecule has 6 heteroatoms. The van der Waals surface area contributed by atoms with Gasteiger partial charge in [-0.05, 0) is 61.9 Å². The van der Waals surface area contributed by atoms with Gasteiger partial charge in [-0.25, -0.2) is 5.43 Å². The van der Waals surface area contributed by atoms with Crippen molar-refractivity contribution in [3.63, 3.8) is 0 Å². The molecule has 3 N–H and O–H groups in total. The number of amides is 1. The van der Waals surface area contributed by atoms with Gasteiger partial charge in [0.2, 0.25) is 0 Å². The van der Waals surface area contributed by atoms with E-state index in [-0.39, 0.29) is 12.0 Å². The van der Waals surface area contributed by atoms with Crippen LogP contribution in [0.2, 0.25) is 0 Å². The molecule has 0 heterocycles. The Labute approximate surface area is 141 Å². The van der Waals surface area contributed by atoms with Crippen LogP contribution in [0.1, 0.15) is 29.8 Å². The van der Waals surface area contributed by atoms with Gasteiger partial charge in [0.25, 0.3) is 5.91 Å². The highest BCUT2D eigenvalue weighted by Crippen LogP contribution is 2.28. The molecule has 6 nitrogen and oxygen atoms in total. The predicted octanol–water partition coefficient (Wildman–Crippen LogP) is 2.83. The smallest absolute Gasteiger partial charge is 0.271 e. The zero-order valence-corrected chi connectivity index (χ0v) is 13.9. The molecule has 1 amide bonds. The maximum Gasteiger partial charge on any atom is 0.271 e. The average molecular weight is 327 g/mol. The highest BCUT2D eigenvalue weighted by Gasteiger charge is 2.07. The number of nitrogens with one attached hydrogen (secondary N) is 1. The molecule has 126 valence electrons. The number of hydrogen-bond donors (Lipinski definition) is 2. The largest absolute Gasteiger partial charge is 0.493 e. The molecule has 0 fully saturated rings. The summed E-state index contributed by atoms with van der Waals surface area (Å²) in [6, 6.07) is 12.0. The Morgan fingerprint density at radius 2 is 1.88 bits per heavy atom. The van der Waals surface area contributed by atoms with E-state index in [9.17, 15) is 4.79 Å². The fourth-order valence-corrected chi connectivity index (χ4v) is 1.98. The maximum absolute atomic E-state index is 11.9. The van der Waals surface area contributed by atoms with Crippen LogP contribution in [0.15, 0.2) is 47.6 Å². The number of benzene rings is 2. The summed E-state index contributed by atoms with van der Waals surface area (Å²) in [7, 11) is 1.58. The first-order valence-corrected chi connectivity index (χ1v) is 7.53. The molecule has 0 bridgehead atoms. The average Bonchev–Trinajstić information content (AvgIpc) is 2.56. The van der Waals surface area contributed by atoms with Crippen molar-refractivity contribution < 1.29 is 14.3 Å². The molecule has 0 aliphatic rings. The van der Waals surface area contributed by atoms with Gasteiger partial charge in [0, 0.05) is 11.3 Å². The summed E-state index contributed by atoms with van der Waals surface area (Å²) < 4.78 is 11.0. The molecule has 0 aliphatic carbocycles. The molecule has 24 heavy (non-hydrogen) atoms. The quantitative estimate of drug-likeness (QED) is 0.485. The second kappa shape index (κ2) is 8.01. The summed E-state index contributed by atoms with van der Waals surface area (Å²) in [6.45, 7) is 3.89. The molecule has 0 unspecified atom stereocenters. The molecular weight excluding hydrogens is 306 g/mol. The van der Waals surface area contributed by atoms with Crippen LogP contribution in [-0.2, 0) is 0 Å². The zero-order valence-electron chi connectivity index (χ0n) is 13.9. The van der Waals surface area contributed by atoms with E-state index in [4.69, 9.17) is 15.2 Å². The summed E-state index contributed by atoms with van der Waals surface area (Å²) in [6.07, 6.45) is 1.59. The van der Waals surface area contributed by atoms with Gasteiger partial charge in [-0.1, -0.05) is 0 Å². The number of nitrogens with zero attached hydrogens (tertiary/aromatic N) is 1. The lowest BCUT2D eigenvalue weighted by molar-refractivity contribution is 0.0955. The van der Waals surface area contributed by atoms with E-state index in [2.05, 4.69) is 10.5 Å². The van der Waals surface area contributed by atoms with Gasteiger partial charge in [0.1, 0.15) is 0 Å². The van der Waals surface area contributed by atoms with Crippen molar-refractivity contribution >= 4 is 17.8 Å². The van der Waals surface area contributed by atoms with Crippen molar-refractivity contribution in [3.05, 3.63) is 53.6 Å². The van der Waals surface area contributed by atoms with Crippen molar-refractivity contribution in [1.29, 1.82) is 0 Å². The number of hydrogen-bond acceptors (Lipinski definition) is 5. The lowest BCUT2D eigenvalue weighted by Gasteiger charge is -2.13. The fourth-order valence-electron chi connectivity index (χ4n) is 1.98. The van der Waals surface area contributed by atoms with E-state index in [1.807, 2.05) is 26.0 Å². The highest BCUT2D eigenvalue weighted by atomic mass is 16.5. The fraction of sp³-hybridized carbons (Fsp3) is 0.222. The molecular formula is C18H21N3O3. The molecule has 0 aliphatic heterocycles. The summed E-state index contributed by atoms with van der Waals surface area (Å²) in [5.74, 6) is 0.964. The number of hydrazone groups is 1. The van der Waals surface area contributed by atoms with E-state index in [1.54, 1.807) is 37.4 Å². The predicted molar refractivity (Wildman–Crippen MR) is 94.7 cm³/mol. The Hall–Kier alpha value is -3.02. The monoisotopic (exact) mass is 327 g/mol. The van der Waals surface area contributed by atoms with Gasteiger partial charge < -0.3 is 15.2 Å². The van der Waals surface area contributed by atoms with Crippen LogP contribution in [0.4, 0.5) is 5.69 Å². The number of ether oxygens (including phenoxy) is 2. The number of nitrogen functional groups attached to an aromatic ring is 1. The molecule has 0 aromatic heterocycles. The van der Waals surface area contributed by atoms with Crippen LogP contribution < -0.4 is 20.6 Å². The number of methoxy groups -OCH3 is 1. The van der Waals surface area contributed by atoms with Crippen LogP contribution in [0.5, 0.6) is 11.5 Å². The lowest BCUT2D eigenvalue weighted by Crippen LogP contribution is -2.17. The number of rotatable bonds is 6. The Morgan fingerprint density at radius 3 is 2.50 bits per heavy atom. The molecule has 0 radical (unpaired) electrons. The normalized spacial score (nSPS) is 10.8. The molecule has 0 atom stereocenters. The Bertz CT molecular complexity index is 725. The Morgan fingerprint density at radius 1 is 1.17 bits per heavy atom. The van der Waals surface area contributed by atoms with Gasteiger partial charge in [0.15, 0.2) is 11.5 Å². The third kappa shape index (κ3) is 4.74. The van der Waals surface area contributed by atoms with Crippen molar-refractivity contribution in [1.82, 2.24) is 5.43 Å². The van der Waals surface area contributed by atoms with Crippen LogP contribution >= 0.6 is 0 Å². The first-order valence-electron chi connectivity index (χ1n) is 7.53. The second-order valence-electron chi connectivity index (χ2n) is 5.40. The van der Waals surface area contributed by atoms with Crippen LogP contribution in [-0.4, -0.2) is 25.3 Å². The highest BCUT2D eigenvalue weighted by molar-refractivity contribution is 5.95. The summed E-state index contributed by atoms with van der Waals surface area (Å²) >= 11 is 0. The SMILES string of the molecule is COc1cc(/C=N\NC(=O)c2ccc(N)cc2)ccc1OC(C)C. The third-order valence-electron chi connectivity index (χ3n) is 3.10. The minimum absolute atomic E-state index is 0.0533. The molecule has 0 spiro atoms. The van der Waals surface area contributed by atoms with Crippen molar-refractivity contribution in [2.45, 2.75) is 20.0 Å². The van der Waals surface area contributed by atoms with Crippen molar-refractivity contribution in [2.75, 3.05) is 12.8 Å². The molecule has 2 aromatic carbocycles. The Balaban J connectivity index is 2.03. The summed E-state index contributed by atoms with van der Waals surface area (Å²) in [5.41, 5.74) is 9.92. The zero-order chi connectivity index (χ0) is 17.5. The third-order valence-corrected chi connectivity index (χ3v) is 3.10. The number of anilines is 1. The van der Waals surface area contributed by atoms with Crippen molar-refractivity contribution in [2.24, 2.45) is 5.10 Å². The van der Waals surface area contributed by atoms with Gasteiger partial charge in [0.05, 0.1) is 19.4 Å². The van der Waals surface area contributed by atoms with Crippen molar-refractivity contribution in [3.8, 4) is 11.5 Å². The lowest BCUT2D eigenvalue weighted by atomic mass is 10.2. The van der Waals surface area contributed by atoms with Gasteiger partial charge in [-0.15, -0.1) is 0 Å². The summed E-state index contributed by atoms with van der Waals surface area (Å²) in [4.78, 5) is 11.9. The summed E-state index contributed by atoms with van der Waals surface area (Å²) in [5, 5.41) is 3.95. The second-order valence-corrected chi connectivity index (χ2v) is 5.40. The van der Waals surface area contributed by atoms with Crippen LogP contribution in [0.3, 0.4) is 0 Å². The van der Waals surface area contributed by atoms with Gasteiger partial charge in [-0.2, -0.15) is 5.10 Å². The van der Waals surface area contributed by atoms with E-state index < -0.39 is 0 Å². The minimum atomic E-state index is -0.307. The van der Waals surface area contributed by atoms with Gasteiger partial charge >= 0.3 is 0 Å². The van der Waals surface area contributed by atoms with E-state index in [1.165, 1.54) is 6.21 Å². The van der Waals surface area contributed by atoms with Gasteiger partial charge in [-0.3, -0.25) is 4.79 Å². The molecule has 0 saturated carbocycles. The number of carbonyl (C=O) groups excluding carboxylic acids is 1. The van der Waals surface area contributed by atoms with Crippen LogP contribution in [0.25, 0.3) is 0 Å². The minimum Gasteiger partial charge on any atom is -0.493 e. The first-order chi connectivity index (χ1) is 11.5. The Kier molecular flexibility index (Phi) is 5.78. The van der Waals surface area contributed by atoms with E-state index >= 15 is 0 Å².